The summed E-state index contributed by atoms with van der Waals surface area (Å²) < 4.78 is 5.67. The highest BCUT2D eigenvalue weighted by molar-refractivity contribution is 6.33. The third-order valence-corrected chi connectivity index (χ3v) is 3.85. The van der Waals surface area contributed by atoms with E-state index in [0.29, 0.717) is 10.6 Å². The van der Waals surface area contributed by atoms with Gasteiger partial charge in [0.05, 0.1) is 10.6 Å². The zero-order valence-electron chi connectivity index (χ0n) is 12.5. The van der Waals surface area contributed by atoms with E-state index in [0.717, 1.165) is 12.8 Å². The molecule has 20 heavy (non-hydrogen) atoms. The van der Waals surface area contributed by atoms with Crippen LogP contribution in [-0.2, 0) is 4.74 Å². The molecule has 1 aliphatic heterocycles. The Morgan fingerprint density at radius 2 is 1.75 bits per heavy atom. The molecule has 1 fully saturated rings. The smallest absolute Gasteiger partial charge is 0.339 e. The van der Waals surface area contributed by atoms with Gasteiger partial charge in [0.2, 0.25) is 0 Å². The minimum Gasteiger partial charge on any atom is -0.459 e. The summed E-state index contributed by atoms with van der Waals surface area (Å²) >= 11 is 6.04. The van der Waals surface area contributed by atoms with E-state index in [2.05, 4.69) is 33.0 Å². The van der Waals surface area contributed by atoms with E-state index in [1.54, 1.807) is 24.3 Å². The van der Waals surface area contributed by atoms with Gasteiger partial charge in [-0.25, -0.2) is 4.79 Å². The zero-order valence-corrected chi connectivity index (χ0v) is 13.3. The molecule has 0 radical (unpaired) electrons. The summed E-state index contributed by atoms with van der Waals surface area (Å²) in [5, 5.41) is 4.00. The van der Waals surface area contributed by atoms with Gasteiger partial charge in [-0.2, -0.15) is 0 Å². The topological polar surface area (TPSA) is 38.3 Å². The second-order valence-corrected chi connectivity index (χ2v) is 7.22. The van der Waals surface area contributed by atoms with Gasteiger partial charge >= 0.3 is 5.97 Å². The zero-order chi connectivity index (χ0) is 15.0. The maximum absolute atomic E-state index is 12.2. The predicted molar refractivity (Wildman–Crippen MR) is 81.2 cm³/mol. The number of rotatable bonds is 2. The monoisotopic (exact) mass is 295 g/mol. The fourth-order valence-electron chi connectivity index (χ4n) is 3.15. The number of carbonyl (C=O) groups is 1. The van der Waals surface area contributed by atoms with Crippen molar-refractivity contribution >= 4 is 17.6 Å². The second kappa shape index (κ2) is 5.38. The largest absolute Gasteiger partial charge is 0.459 e. The van der Waals surface area contributed by atoms with Gasteiger partial charge in [0.1, 0.15) is 6.10 Å². The van der Waals surface area contributed by atoms with Crippen LogP contribution in [0.4, 0.5) is 0 Å². The Morgan fingerprint density at radius 1 is 1.20 bits per heavy atom. The highest BCUT2D eigenvalue weighted by atomic mass is 35.5. The van der Waals surface area contributed by atoms with E-state index in [9.17, 15) is 4.79 Å². The van der Waals surface area contributed by atoms with Gasteiger partial charge in [0.15, 0.2) is 0 Å². The molecule has 1 heterocycles. The third-order valence-electron chi connectivity index (χ3n) is 3.52. The van der Waals surface area contributed by atoms with E-state index in [-0.39, 0.29) is 23.2 Å². The van der Waals surface area contributed by atoms with Gasteiger partial charge in [-0.1, -0.05) is 23.7 Å². The second-order valence-electron chi connectivity index (χ2n) is 6.81. The van der Waals surface area contributed by atoms with Crippen LogP contribution < -0.4 is 5.32 Å². The molecule has 0 atom stereocenters. The molecule has 0 saturated carbocycles. The Bertz CT molecular complexity index is 495. The molecule has 0 aromatic heterocycles. The lowest BCUT2D eigenvalue weighted by molar-refractivity contribution is -0.00635. The molecule has 1 aliphatic rings. The molecule has 3 nitrogen and oxygen atoms in total. The standard InChI is InChI=1S/C16H22ClNO2/c1-15(2)9-11(10-16(3,4)18-15)20-14(19)12-7-5-6-8-13(12)17/h5-8,11,18H,9-10H2,1-4H3. The van der Waals surface area contributed by atoms with E-state index in [1.807, 2.05) is 0 Å². The lowest BCUT2D eigenvalue weighted by atomic mass is 9.81. The number of nitrogens with one attached hydrogen (secondary N) is 1. The van der Waals surface area contributed by atoms with Gasteiger partial charge in [-0.3, -0.25) is 0 Å². The van der Waals surface area contributed by atoms with E-state index in [1.165, 1.54) is 0 Å². The van der Waals surface area contributed by atoms with Crippen molar-refractivity contribution in [1.82, 2.24) is 5.32 Å². The average Bonchev–Trinajstić information content (AvgIpc) is 2.24. The summed E-state index contributed by atoms with van der Waals surface area (Å²) in [6.07, 6.45) is 1.50. The molecular weight excluding hydrogens is 274 g/mol. The summed E-state index contributed by atoms with van der Waals surface area (Å²) in [6, 6.07) is 6.99. The van der Waals surface area contributed by atoms with E-state index < -0.39 is 0 Å². The van der Waals surface area contributed by atoms with Crippen LogP contribution in [0.15, 0.2) is 24.3 Å². The van der Waals surface area contributed by atoms with Crippen LogP contribution in [0.2, 0.25) is 5.02 Å². The number of ether oxygens (including phenoxy) is 1. The highest BCUT2D eigenvalue weighted by Crippen LogP contribution is 2.31. The summed E-state index contributed by atoms with van der Waals surface area (Å²) in [5.41, 5.74) is 0.337. The Hall–Kier alpha value is -1.06. The Labute approximate surface area is 125 Å². The quantitative estimate of drug-likeness (QED) is 0.843. The van der Waals surface area contributed by atoms with E-state index >= 15 is 0 Å². The summed E-state index contributed by atoms with van der Waals surface area (Å²) in [6.45, 7) is 8.52. The van der Waals surface area contributed by atoms with Crippen molar-refractivity contribution in [2.75, 3.05) is 0 Å². The van der Waals surface area contributed by atoms with Gasteiger partial charge in [-0.15, -0.1) is 0 Å². The molecule has 110 valence electrons. The van der Waals surface area contributed by atoms with E-state index in [4.69, 9.17) is 16.3 Å². The predicted octanol–water partition coefficient (Wildman–Crippen LogP) is 3.81. The summed E-state index contributed by atoms with van der Waals surface area (Å²) in [4.78, 5) is 12.2. The van der Waals surface area contributed by atoms with Crippen LogP contribution in [0.25, 0.3) is 0 Å². The number of benzene rings is 1. The van der Waals surface area contributed by atoms with Crippen molar-refractivity contribution in [2.24, 2.45) is 0 Å². The number of halogens is 1. The van der Waals surface area contributed by atoms with Crippen LogP contribution in [0, 0.1) is 0 Å². The molecule has 0 unspecified atom stereocenters. The van der Waals surface area contributed by atoms with Crippen molar-refractivity contribution in [3.63, 3.8) is 0 Å². The average molecular weight is 296 g/mol. The maximum atomic E-state index is 12.2. The first-order valence-electron chi connectivity index (χ1n) is 6.93. The molecular formula is C16H22ClNO2. The molecule has 4 heteroatoms. The van der Waals surface area contributed by atoms with Crippen LogP contribution in [-0.4, -0.2) is 23.2 Å². The molecule has 0 aliphatic carbocycles. The Balaban J connectivity index is 2.10. The van der Waals surface area contributed by atoms with Gasteiger partial charge in [-0.05, 0) is 39.8 Å². The molecule has 0 spiro atoms. The molecule has 0 bridgehead atoms. The fourth-order valence-corrected chi connectivity index (χ4v) is 3.37. The first-order chi connectivity index (χ1) is 9.19. The van der Waals surface area contributed by atoms with Gasteiger partial charge in [0, 0.05) is 23.9 Å². The number of esters is 1. The van der Waals surface area contributed by atoms with Crippen molar-refractivity contribution in [1.29, 1.82) is 0 Å². The lowest BCUT2D eigenvalue weighted by Crippen LogP contribution is -2.59. The number of hydrogen-bond donors (Lipinski definition) is 1. The number of hydrogen-bond acceptors (Lipinski definition) is 3. The van der Waals surface area contributed by atoms with Gasteiger partial charge < -0.3 is 10.1 Å². The summed E-state index contributed by atoms with van der Waals surface area (Å²) in [5.74, 6) is -0.339. The first-order valence-corrected chi connectivity index (χ1v) is 7.31. The third kappa shape index (κ3) is 3.74. The Morgan fingerprint density at radius 3 is 2.30 bits per heavy atom. The van der Waals surface area contributed by atoms with Crippen LogP contribution in [0.5, 0.6) is 0 Å². The van der Waals surface area contributed by atoms with Crippen molar-refractivity contribution < 1.29 is 9.53 Å². The van der Waals surface area contributed by atoms with Gasteiger partial charge in [0.25, 0.3) is 0 Å². The van der Waals surface area contributed by atoms with Crippen LogP contribution >= 0.6 is 11.6 Å². The molecule has 1 saturated heterocycles. The van der Waals surface area contributed by atoms with Crippen LogP contribution in [0.1, 0.15) is 50.9 Å². The number of piperidine rings is 1. The minimum atomic E-state index is -0.339. The maximum Gasteiger partial charge on any atom is 0.339 e. The van der Waals surface area contributed by atoms with Crippen molar-refractivity contribution in [2.45, 2.75) is 57.7 Å². The van der Waals surface area contributed by atoms with Crippen LogP contribution in [0.3, 0.4) is 0 Å². The molecule has 0 amide bonds. The normalized spacial score (nSPS) is 21.4. The SMILES string of the molecule is CC1(C)CC(OC(=O)c2ccccc2Cl)CC(C)(C)N1. The molecule has 1 N–H and O–H groups in total. The van der Waals surface area contributed by atoms with Crippen molar-refractivity contribution in [3.05, 3.63) is 34.9 Å². The molecule has 1 aromatic rings. The summed E-state index contributed by atoms with van der Waals surface area (Å²) in [7, 11) is 0. The minimum absolute atomic E-state index is 0.0484. The molecule has 2 rings (SSSR count). The first kappa shape index (κ1) is 15.3. The molecule has 1 aromatic carbocycles. The lowest BCUT2D eigenvalue weighted by Gasteiger charge is -2.45. The number of carbonyl (C=O) groups excluding carboxylic acids is 1. The fraction of sp³-hybridized carbons (Fsp3) is 0.562. The highest BCUT2D eigenvalue weighted by Gasteiger charge is 2.39. The Kier molecular flexibility index (Phi) is 4.12. The van der Waals surface area contributed by atoms with Crippen molar-refractivity contribution in [3.8, 4) is 0 Å².